The molecule has 1 amide bonds. The summed E-state index contributed by atoms with van der Waals surface area (Å²) in [7, 11) is 0. The van der Waals surface area contributed by atoms with Crippen LogP contribution in [0.4, 0.5) is 5.69 Å². The van der Waals surface area contributed by atoms with Gasteiger partial charge in [0.1, 0.15) is 0 Å². The molecule has 0 bridgehead atoms. The highest BCUT2D eigenvalue weighted by molar-refractivity contribution is 9.10. The Morgan fingerprint density at radius 2 is 2.33 bits per heavy atom. The fourth-order valence-corrected chi connectivity index (χ4v) is 2.50. The summed E-state index contributed by atoms with van der Waals surface area (Å²) in [5, 5.41) is 6.29. The molecule has 1 aromatic rings. The number of halogens is 1. The maximum atomic E-state index is 11.9. The van der Waals surface area contributed by atoms with Crippen molar-refractivity contribution in [2.45, 2.75) is 13.0 Å². The first-order valence-corrected chi connectivity index (χ1v) is 6.94. The number of amides is 1. The molecule has 1 aromatic carbocycles. The molecule has 98 valence electrons. The number of carbonyl (C=O) groups is 1. The minimum absolute atomic E-state index is 0.0380. The van der Waals surface area contributed by atoms with Crippen LogP contribution in [0.2, 0.25) is 0 Å². The molecule has 1 saturated heterocycles. The molecule has 0 radical (unpaired) electrons. The molecule has 4 nitrogen and oxygen atoms in total. The van der Waals surface area contributed by atoms with Crippen LogP contribution in [0.1, 0.15) is 6.92 Å². The first kappa shape index (κ1) is 13.5. The van der Waals surface area contributed by atoms with E-state index in [9.17, 15) is 4.79 Å². The normalized spacial score (nSPS) is 20.7. The Hall–Kier alpha value is -0.910. The van der Waals surface area contributed by atoms with Gasteiger partial charge < -0.3 is 10.6 Å². The van der Waals surface area contributed by atoms with Gasteiger partial charge in [0, 0.05) is 30.1 Å². The van der Waals surface area contributed by atoms with Gasteiger partial charge in [-0.2, -0.15) is 0 Å². The van der Waals surface area contributed by atoms with Gasteiger partial charge in [0.15, 0.2) is 0 Å². The number of anilines is 1. The van der Waals surface area contributed by atoms with Gasteiger partial charge in [-0.05, 0) is 35.0 Å². The summed E-state index contributed by atoms with van der Waals surface area (Å²) in [5.41, 5.74) is 0.825. The van der Waals surface area contributed by atoms with E-state index in [4.69, 9.17) is 0 Å². The summed E-state index contributed by atoms with van der Waals surface area (Å²) in [6, 6.07) is 8.10. The van der Waals surface area contributed by atoms with E-state index in [-0.39, 0.29) is 5.91 Å². The minimum Gasteiger partial charge on any atom is -0.324 e. The monoisotopic (exact) mass is 311 g/mol. The van der Waals surface area contributed by atoms with Crippen LogP contribution in [0.3, 0.4) is 0 Å². The van der Waals surface area contributed by atoms with Crippen molar-refractivity contribution >= 4 is 27.5 Å². The number of para-hydroxylation sites is 1. The molecule has 1 aliphatic heterocycles. The number of piperazine rings is 1. The standard InChI is InChI=1S/C13H18BrN3O/c1-10-8-17(7-6-15-10)9-13(18)16-12-5-3-2-4-11(12)14/h2-5,10,15H,6-9H2,1H3,(H,16,18)/t10-/m0/s1. The summed E-state index contributed by atoms with van der Waals surface area (Å²) in [6.07, 6.45) is 0. The van der Waals surface area contributed by atoms with E-state index in [1.54, 1.807) is 0 Å². The zero-order chi connectivity index (χ0) is 13.0. The summed E-state index contributed by atoms with van der Waals surface area (Å²) >= 11 is 3.42. The van der Waals surface area contributed by atoms with Crippen molar-refractivity contribution in [1.82, 2.24) is 10.2 Å². The first-order valence-electron chi connectivity index (χ1n) is 6.15. The molecule has 18 heavy (non-hydrogen) atoms. The van der Waals surface area contributed by atoms with Crippen LogP contribution in [-0.4, -0.2) is 43.0 Å². The van der Waals surface area contributed by atoms with Crippen molar-refractivity contribution in [3.8, 4) is 0 Å². The van der Waals surface area contributed by atoms with Gasteiger partial charge in [0.2, 0.25) is 5.91 Å². The third kappa shape index (κ3) is 3.80. The Balaban J connectivity index is 1.87. The van der Waals surface area contributed by atoms with Crippen LogP contribution < -0.4 is 10.6 Å². The molecule has 0 aliphatic carbocycles. The van der Waals surface area contributed by atoms with Crippen molar-refractivity contribution < 1.29 is 4.79 Å². The largest absolute Gasteiger partial charge is 0.324 e. The lowest BCUT2D eigenvalue weighted by Crippen LogP contribution is -2.51. The number of hydrogen-bond donors (Lipinski definition) is 2. The van der Waals surface area contributed by atoms with Gasteiger partial charge in [-0.25, -0.2) is 0 Å². The fraction of sp³-hybridized carbons (Fsp3) is 0.462. The van der Waals surface area contributed by atoms with Crippen LogP contribution in [0.15, 0.2) is 28.7 Å². The number of hydrogen-bond acceptors (Lipinski definition) is 3. The zero-order valence-corrected chi connectivity index (χ0v) is 12.0. The van der Waals surface area contributed by atoms with Crippen LogP contribution in [0.5, 0.6) is 0 Å². The summed E-state index contributed by atoms with van der Waals surface area (Å²) in [4.78, 5) is 14.1. The number of benzene rings is 1. The molecular weight excluding hydrogens is 294 g/mol. The third-order valence-electron chi connectivity index (χ3n) is 2.97. The van der Waals surface area contributed by atoms with E-state index in [0.29, 0.717) is 12.6 Å². The Bertz CT molecular complexity index is 424. The van der Waals surface area contributed by atoms with Crippen molar-refractivity contribution in [2.24, 2.45) is 0 Å². The van der Waals surface area contributed by atoms with Gasteiger partial charge >= 0.3 is 0 Å². The SMILES string of the molecule is C[C@H]1CN(CC(=O)Nc2ccccc2Br)CCN1. The van der Waals surface area contributed by atoms with E-state index in [2.05, 4.69) is 38.4 Å². The molecule has 0 aromatic heterocycles. The lowest BCUT2D eigenvalue weighted by atomic mass is 10.2. The average Bonchev–Trinajstić information content (AvgIpc) is 2.32. The van der Waals surface area contributed by atoms with Crippen LogP contribution in [0.25, 0.3) is 0 Å². The van der Waals surface area contributed by atoms with Gasteiger partial charge in [0.25, 0.3) is 0 Å². The molecular formula is C13H18BrN3O. The number of nitrogens with one attached hydrogen (secondary N) is 2. The smallest absolute Gasteiger partial charge is 0.238 e. The molecule has 1 atom stereocenters. The molecule has 1 heterocycles. The second kappa shape index (κ2) is 6.31. The van der Waals surface area contributed by atoms with Gasteiger partial charge in [0.05, 0.1) is 12.2 Å². The van der Waals surface area contributed by atoms with Gasteiger partial charge in [-0.15, -0.1) is 0 Å². The molecule has 0 saturated carbocycles. The highest BCUT2D eigenvalue weighted by Crippen LogP contribution is 2.20. The van der Waals surface area contributed by atoms with Crippen LogP contribution >= 0.6 is 15.9 Å². The van der Waals surface area contributed by atoms with E-state index in [1.807, 2.05) is 24.3 Å². The molecule has 1 fully saturated rings. The van der Waals surface area contributed by atoms with Crippen LogP contribution in [-0.2, 0) is 4.79 Å². The molecule has 0 spiro atoms. The summed E-state index contributed by atoms with van der Waals surface area (Å²) < 4.78 is 0.909. The first-order chi connectivity index (χ1) is 8.65. The maximum Gasteiger partial charge on any atom is 0.238 e. The van der Waals surface area contributed by atoms with E-state index in [0.717, 1.165) is 29.8 Å². The molecule has 1 aliphatic rings. The topological polar surface area (TPSA) is 44.4 Å². The fourth-order valence-electron chi connectivity index (χ4n) is 2.11. The summed E-state index contributed by atoms with van der Waals surface area (Å²) in [5.74, 6) is 0.0380. The Morgan fingerprint density at radius 3 is 3.06 bits per heavy atom. The average molecular weight is 312 g/mol. The van der Waals surface area contributed by atoms with Gasteiger partial charge in [-0.3, -0.25) is 9.69 Å². The number of rotatable bonds is 3. The molecule has 2 rings (SSSR count). The second-order valence-electron chi connectivity index (χ2n) is 4.62. The Morgan fingerprint density at radius 1 is 1.56 bits per heavy atom. The Labute approximate surface area is 116 Å². The van der Waals surface area contributed by atoms with Crippen molar-refractivity contribution in [2.75, 3.05) is 31.5 Å². The predicted octanol–water partition coefficient (Wildman–Crippen LogP) is 1.68. The van der Waals surface area contributed by atoms with Crippen molar-refractivity contribution in [1.29, 1.82) is 0 Å². The maximum absolute atomic E-state index is 11.9. The lowest BCUT2D eigenvalue weighted by molar-refractivity contribution is -0.117. The van der Waals surface area contributed by atoms with E-state index >= 15 is 0 Å². The molecule has 0 unspecified atom stereocenters. The third-order valence-corrected chi connectivity index (χ3v) is 3.66. The molecule has 5 heteroatoms. The van der Waals surface area contributed by atoms with Crippen molar-refractivity contribution in [3.63, 3.8) is 0 Å². The lowest BCUT2D eigenvalue weighted by Gasteiger charge is -2.31. The van der Waals surface area contributed by atoms with Crippen LogP contribution in [0, 0.1) is 0 Å². The second-order valence-corrected chi connectivity index (χ2v) is 5.47. The molecule has 2 N–H and O–H groups in total. The van der Waals surface area contributed by atoms with E-state index < -0.39 is 0 Å². The van der Waals surface area contributed by atoms with Crippen molar-refractivity contribution in [3.05, 3.63) is 28.7 Å². The number of carbonyl (C=O) groups excluding carboxylic acids is 1. The number of nitrogens with zero attached hydrogens (tertiary/aromatic N) is 1. The van der Waals surface area contributed by atoms with E-state index in [1.165, 1.54) is 0 Å². The Kier molecular flexibility index (Phi) is 4.74. The van der Waals surface area contributed by atoms with Gasteiger partial charge in [-0.1, -0.05) is 12.1 Å². The minimum atomic E-state index is 0.0380. The quantitative estimate of drug-likeness (QED) is 0.892. The highest BCUT2D eigenvalue weighted by atomic mass is 79.9. The summed E-state index contributed by atoms with van der Waals surface area (Å²) in [6.45, 7) is 5.38. The predicted molar refractivity (Wildman–Crippen MR) is 76.7 cm³/mol. The zero-order valence-electron chi connectivity index (χ0n) is 10.4. The highest BCUT2D eigenvalue weighted by Gasteiger charge is 2.18.